The fourth-order valence-electron chi connectivity index (χ4n) is 11.1. The maximum Gasteiger partial charge on any atom is 0.0541 e. The average molecular weight is 893 g/mol. The molecule has 0 atom stereocenters. The summed E-state index contributed by atoms with van der Waals surface area (Å²) in [7, 11) is 0. The highest BCUT2D eigenvalue weighted by molar-refractivity contribution is 6.12. The lowest BCUT2D eigenvalue weighted by atomic mass is 10.0. The van der Waals surface area contributed by atoms with E-state index < -0.39 is 0 Å². The van der Waals surface area contributed by atoms with Crippen LogP contribution in [0.25, 0.3) is 105 Å². The number of benzene rings is 11. The molecule has 0 radical (unpaired) electrons. The van der Waals surface area contributed by atoms with Crippen molar-refractivity contribution in [1.29, 1.82) is 0 Å². The van der Waals surface area contributed by atoms with E-state index in [1.54, 1.807) is 0 Å². The summed E-state index contributed by atoms with van der Waals surface area (Å²) in [5, 5.41) is 7.45. The summed E-state index contributed by atoms with van der Waals surface area (Å²) in [6.07, 6.45) is 0. The van der Waals surface area contributed by atoms with Crippen LogP contribution in [0, 0.1) is 0 Å². The van der Waals surface area contributed by atoms with Crippen LogP contribution in [-0.4, -0.2) is 13.7 Å². The molecule has 0 bridgehead atoms. The van der Waals surface area contributed by atoms with Gasteiger partial charge >= 0.3 is 0 Å². The first-order valence-electron chi connectivity index (χ1n) is 24.0. The third kappa shape index (κ3) is 6.38. The largest absolute Gasteiger partial charge is 0.310 e. The van der Waals surface area contributed by atoms with Gasteiger partial charge in [0.1, 0.15) is 0 Å². The number of nitrogens with zero attached hydrogens (tertiary/aromatic N) is 4. The molecule has 0 aliphatic carbocycles. The van der Waals surface area contributed by atoms with Crippen molar-refractivity contribution in [3.8, 4) is 39.3 Å². The molecule has 3 aromatic heterocycles. The van der Waals surface area contributed by atoms with Gasteiger partial charge in [0.25, 0.3) is 0 Å². The summed E-state index contributed by atoms with van der Waals surface area (Å²) >= 11 is 0. The van der Waals surface area contributed by atoms with Crippen LogP contribution in [0.15, 0.2) is 267 Å². The Balaban J connectivity index is 0.915. The molecule has 14 rings (SSSR count). The summed E-state index contributed by atoms with van der Waals surface area (Å²) < 4.78 is 7.14. The molecule has 0 fully saturated rings. The van der Waals surface area contributed by atoms with E-state index in [9.17, 15) is 0 Å². The standard InChI is InChI=1S/C66H44N4/c1-3-19-49(20-4-1)68-63-31-13-9-27-57(63)59-43-47(33-39-65(59)68)45-17-15-23-53(41-45)67(51-35-37-52(38-36-51)70-61-29-11-7-25-55(61)56-26-8-12-30-62(56)70)54-24-16-18-46(42-54)48-34-40-66-60(44-48)58-28-10-14-32-64(58)69(66)50-21-5-2-6-22-50/h1-44H. The van der Waals surface area contributed by atoms with Gasteiger partial charge in [-0.25, -0.2) is 0 Å². The summed E-state index contributed by atoms with van der Waals surface area (Å²) in [6, 6.07) is 97.2. The minimum Gasteiger partial charge on any atom is -0.310 e. The second-order valence-electron chi connectivity index (χ2n) is 18.2. The quantitative estimate of drug-likeness (QED) is 0.149. The molecule has 0 aliphatic heterocycles. The first-order valence-corrected chi connectivity index (χ1v) is 24.0. The summed E-state index contributed by atoms with van der Waals surface area (Å²) in [5.41, 5.74) is 18.5. The van der Waals surface area contributed by atoms with Gasteiger partial charge in [-0.15, -0.1) is 0 Å². The normalized spacial score (nSPS) is 11.7. The molecular weight excluding hydrogens is 849 g/mol. The van der Waals surface area contributed by atoms with Crippen LogP contribution in [0.1, 0.15) is 0 Å². The van der Waals surface area contributed by atoms with Crippen molar-refractivity contribution in [2.45, 2.75) is 0 Å². The Labute approximate surface area is 405 Å². The number of anilines is 3. The van der Waals surface area contributed by atoms with Crippen molar-refractivity contribution in [2.24, 2.45) is 0 Å². The molecule has 14 aromatic rings. The van der Waals surface area contributed by atoms with Crippen molar-refractivity contribution in [3.63, 3.8) is 0 Å². The van der Waals surface area contributed by atoms with Gasteiger partial charge in [-0.1, -0.05) is 146 Å². The lowest BCUT2D eigenvalue weighted by molar-refractivity contribution is 1.17. The first-order chi connectivity index (χ1) is 34.7. The van der Waals surface area contributed by atoms with Crippen molar-refractivity contribution < 1.29 is 0 Å². The highest BCUT2D eigenvalue weighted by Gasteiger charge is 2.19. The van der Waals surface area contributed by atoms with E-state index in [1.165, 1.54) is 76.5 Å². The highest BCUT2D eigenvalue weighted by Crippen LogP contribution is 2.42. The van der Waals surface area contributed by atoms with E-state index in [0.29, 0.717) is 0 Å². The zero-order valence-electron chi connectivity index (χ0n) is 38.2. The Hall–Kier alpha value is -9.38. The molecule has 11 aromatic carbocycles. The Bertz CT molecular complexity index is 4030. The third-order valence-electron chi connectivity index (χ3n) is 14.2. The number of hydrogen-bond donors (Lipinski definition) is 0. The molecular formula is C66H44N4. The van der Waals surface area contributed by atoms with Gasteiger partial charge in [-0.05, 0) is 144 Å². The molecule has 0 saturated heterocycles. The van der Waals surface area contributed by atoms with Crippen molar-refractivity contribution in [2.75, 3.05) is 4.90 Å². The minimum absolute atomic E-state index is 1.07. The predicted molar refractivity (Wildman–Crippen MR) is 295 cm³/mol. The molecule has 0 unspecified atom stereocenters. The lowest BCUT2D eigenvalue weighted by Gasteiger charge is -2.27. The van der Waals surface area contributed by atoms with Crippen LogP contribution in [0.5, 0.6) is 0 Å². The topological polar surface area (TPSA) is 18.0 Å². The number of fused-ring (bicyclic) bond motifs is 9. The molecule has 0 N–H and O–H groups in total. The second kappa shape index (κ2) is 16.2. The summed E-state index contributed by atoms with van der Waals surface area (Å²) in [6.45, 7) is 0. The molecule has 4 heteroatoms. The van der Waals surface area contributed by atoms with Gasteiger partial charge in [-0.3, -0.25) is 0 Å². The van der Waals surface area contributed by atoms with Gasteiger partial charge in [0, 0.05) is 66.4 Å². The molecule has 4 nitrogen and oxygen atoms in total. The van der Waals surface area contributed by atoms with Crippen molar-refractivity contribution >= 4 is 82.5 Å². The van der Waals surface area contributed by atoms with E-state index >= 15 is 0 Å². The van der Waals surface area contributed by atoms with Gasteiger partial charge < -0.3 is 18.6 Å². The zero-order chi connectivity index (χ0) is 46.1. The Morgan fingerprint density at radius 2 is 0.529 bits per heavy atom. The van der Waals surface area contributed by atoms with E-state index in [-0.39, 0.29) is 0 Å². The van der Waals surface area contributed by atoms with Gasteiger partial charge in [0.05, 0.1) is 33.1 Å². The second-order valence-corrected chi connectivity index (χ2v) is 18.2. The molecule has 3 heterocycles. The molecule has 0 saturated carbocycles. The average Bonchev–Trinajstić information content (AvgIpc) is 4.07. The molecule has 70 heavy (non-hydrogen) atoms. The third-order valence-corrected chi connectivity index (χ3v) is 14.2. The van der Waals surface area contributed by atoms with Gasteiger partial charge in [0.15, 0.2) is 0 Å². The fraction of sp³-hybridized carbons (Fsp3) is 0. The van der Waals surface area contributed by atoms with Crippen LogP contribution < -0.4 is 4.90 Å². The molecule has 328 valence electrons. The highest BCUT2D eigenvalue weighted by atomic mass is 15.1. The Morgan fingerprint density at radius 1 is 0.200 bits per heavy atom. The fourth-order valence-corrected chi connectivity index (χ4v) is 11.1. The van der Waals surface area contributed by atoms with E-state index in [2.05, 4.69) is 286 Å². The minimum atomic E-state index is 1.07. The predicted octanol–water partition coefficient (Wildman–Crippen LogP) is 17.8. The van der Waals surface area contributed by atoms with Crippen LogP contribution >= 0.6 is 0 Å². The van der Waals surface area contributed by atoms with Crippen LogP contribution in [0.2, 0.25) is 0 Å². The Morgan fingerprint density at radius 3 is 0.943 bits per heavy atom. The number of hydrogen-bond acceptors (Lipinski definition) is 1. The number of para-hydroxylation sites is 6. The van der Waals surface area contributed by atoms with Crippen LogP contribution in [0.4, 0.5) is 17.1 Å². The zero-order valence-corrected chi connectivity index (χ0v) is 38.2. The molecule has 0 aliphatic rings. The van der Waals surface area contributed by atoms with E-state index in [1.807, 2.05) is 0 Å². The monoisotopic (exact) mass is 892 g/mol. The number of rotatable bonds is 8. The van der Waals surface area contributed by atoms with Crippen LogP contribution in [0.3, 0.4) is 0 Å². The SMILES string of the molecule is c1ccc(-n2c3ccccc3c3cc(-c4cccc(N(c5ccc(-n6c7ccccc7c7ccccc76)cc5)c5cccc(-c6ccc7c(c6)c6ccccc6n7-c6ccccc6)c5)c4)ccc32)cc1. The maximum atomic E-state index is 2.41. The Kier molecular flexibility index (Phi) is 9.17. The number of aromatic nitrogens is 3. The first kappa shape index (κ1) is 39.8. The van der Waals surface area contributed by atoms with Crippen molar-refractivity contribution in [3.05, 3.63) is 267 Å². The molecule has 0 spiro atoms. The van der Waals surface area contributed by atoms with Gasteiger partial charge in [-0.2, -0.15) is 0 Å². The lowest BCUT2D eigenvalue weighted by Crippen LogP contribution is -2.10. The maximum absolute atomic E-state index is 2.41. The summed E-state index contributed by atoms with van der Waals surface area (Å²) in [4.78, 5) is 2.41. The van der Waals surface area contributed by atoms with Gasteiger partial charge in [0.2, 0.25) is 0 Å². The molecule has 0 amide bonds. The van der Waals surface area contributed by atoms with E-state index in [4.69, 9.17) is 0 Å². The van der Waals surface area contributed by atoms with E-state index in [0.717, 1.165) is 45.3 Å². The smallest absolute Gasteiger partial charge is 0.0541 e. The van der Waals surface area contributed by atoms with Crippen molar-refractivity contribution in [1.82, 2.24) is 13.7 Å². The van der Waals surface area contributed by atoms with Crippen LogP contribution in [-0.2, 0) is 0 Å². The summed E-state index contributed by atoms with van der Waals surface area (Å²) in [5.74, 6) is 0.